The molecule has 0 atom stereocenters. The van der Waals surface area contributed by atoms with E-state index in [2.05, 4.69) is 23.6 Å². The van der Waals surface area contributed by atoms with Crippen molar-refractivity contribution in [2.75, 3.05) is 5.75 Å². The third kappa shape index (κ3) is 6.08. The lowest BCUT2D eigenvalue weighted by molar-refractivity contribution is 0.975. The van der Waals surface area contributed by atoms with Gasteiger partial charge in [0.15, 0.2) is 0 Å². The first-order valence-corrected chi connectivity index (χ1v) is 8.48. The van der Waals surface area contributed by atoms with Crippen LogP contribution in [-0.4, -0.2) is 5.75 Å². The van der Waals surface area contributed by atoms with Crippen LogP contribution in [0.15, 0.2) is 23.6 Å². The lowest BCUT2D eigenvalue weighted by Gasteiger charge is -1.94. The molecule has 0 nitrogen and oxygen atoms in total. The van der Waals surface area contributed by atoms with Gasteiger partial charge < -0.3 is 0 Å². The van der Waals surface area contributed by atoms with Crippen molar-refractivity contribution in [2.24, 2.45) is 0 Å². The van der Waals surface area contributed by atoms with Gasteiger partial charge in [-0.05, 0) is 37.9 Å². The van der Waals surface area contributed by atoms with E-state index >= 15 is 0 Å². The molecule has 0 aromatic carbocycles. The minimum Gasteiger partial charge on any atom is -0.0845 e. The van der Waals surface area contributed by atoms with Crippen molar-refractivity contribution >= 4 is 41.2 Å². The lowest BCUT2D eigenvalue weighted by atomic mass is 10.3. The van der Waals surface area contributed by atoms with E-state index in [0.29, 0.717) is 0 Å². The molecule has 11 heavy (non-hydrogen) atoms. The van der Waals surface area contributed by atoms with Crippen molar-refractivity contribution in [3.05, 3.63) is 23.6 Å². The Morgan fingerprint density at radius 2 is 2.09 bits per heavy atom. The zero-order chi connectivity index (χ0) is 7.78. The molecule has 0 bridgehead atoms. The SMILES string of the molecule is C1=C\CCCSSSS\C=C/1. The normalized spacial score (nSPS) is 26.9. The molecule has 0 aromatic rings. The molecule has 0 aromatic heterocycles. The maximum atomic E-state index is 2.23. The maximum absolute atomic E-state index is 2.23. The molecular formula is C7H10S4. The molecule has 1 heterocycles. The van der Waals surface area contributed by atoms with Gasteiger partial charge >= 0.3 is 0 Å². The fourth-order valence-electron chi connectivity index (χ4n) is 0.605. The van der Waals surface area contributed by atoms with Crippen molar-refractivity contribution in [3.8, 4) is 0 Å². The lowest BCUT2D eigenvalue weighted by Crippen LogP contribution is -1.72. The second-order valence-corrected chi connectivity index (χ2v) is 7.88. The number of hydrogen-bond acceptors (Lipinski definition) is 4. The van der Waals surface area contributed by atoms with Gasteiger partial charge in [-0.15, -0.1) is 0 Å². The van der Waals surface area contributed by atoms with Crippen LogP contribution in [0.2, 0.25) is 0 Å². The van der Waals surface area contributed by atoms with Gasteiger partial charge in [0, 0.05) is 5.75 Å². The molecule has 0 N–H and O–H groups in total. The number of allylic oxidation sites excluding steroid dienone is 3. The van der Waals surface area contributed by atoms with Crippen LogP contribution in [0.5, 0.6) is 0 Å². The Labute approximate surface area is 83.2 Å². The molecular weight excluding hydrogens is 212 g/mol. The van der Waals surface area contributed by atoms with Crippen molar-refractivity contribution < 1.29 is 0 Å². The van der Waals surface area contributed by atoms with Crippen molar-refractivity contribution in [1.82, 2.24) is 0 Å². The fourth-order valence-corrected chi connectivity index (χ4v) is 5.92. The summed E-state index contributed by atoms with van der Waals surface area (Å²) in [4.78, 5) is 0. The highest BCUT2D eigenvalue weighted by Crippen LogP contribution is 2.43. The maximum Gasteiger partial charge on any atom is 0.00483 e. The Balaban J connectivity index is 2.22. The molecule has 0 aliphatic carbocycles. The molecule has 1 rings (SSSR count). The van der Waals surface area contributed by atoms with E-state index in [4.69, 9.17) is 0 Å². The predicted molar refractivity (Wildman–Crippen MR) is 62.7 cm³/mol. The van der Waals surface area contributed by atoms with Gasteiger partial charge in [-0.25, -0.2) is 0 Å². The minimum absolute atomic E-state index is 1.22. The van der Waals surface area contributed by atoms with E-state index in [1.54, 1.807) is 10.8 Å². The summed E-state index contributed by atoms with van der Waals surface area (Å²) < 4.78 is 0. The summed E-state index contributed by atoms with van der Waals surface area (Å²) in [5.74, 6) is 1.27. The van der Waals surface area contributed by atoms with E-state index in [-0.39, 0.29) is 0 Å². The van der Waals surface area contributed by atoms with E-state index in [0.717, 1.165) is 0 Å². The second kappa shape index (κ2) is 7.53. The smallest absolute Gasteiger partial charge is 0.00483 e. The van der Waals surface area contributed by atoms with Gasteiger partial charge in [0.1, 0.15) is 0 Å². The summed E-state index contributed by atoms with van der Waals surface area (Å²) in [6, 6.07) is 0. The average Bonchev–Trinajstić information content (AvgIpc) is 2.08. The van der Waals surface area contributed by atoms with E-state index < -0.39 is 0 Å². The molecule has 0 spiro atoms. The van der Waals surface area contributed by atoms with Crippen LogP contribution >= 0.6 is 41.2 Å². The van der Waals surface area contributed by atoms with Gasteiger partial charge in [-0.1, -0.05) is 39.8 Å². The van der Waals surface area contributed by atoms with E-state index in [1.807, 2.05) is 30.4 Å². The standard InChI is InChI=1S/C7H10S4/c1-2-4-6-8-10-11-9-7-5-3-1/h1-2,4,6H,3,5,7H2/b2-1-,6-4-. The van der Waals surface area contributed by atoms with Crippen molar-refractivity contribution in [1.29, 1.82) is 0 Å². The third-order valence-corrected chi connectivity index (χ3v) is 7.15. The van der Waals surface area contributed by atoms with Crippen LogP contribution in [0.25, 0.3) is 0 Å². The van der Waals surface area contributed by atoms with Crippen LogP contribution in [0.3, 0.4) is 0 Å². The summed E-state index contributed by atoms with van der Waals surface area (Å²) in [6.45, 7) is 0. The summed E-state index contributed by atoms with van der Waals surface area (Å²) >= 11 is 0. The van der Waals surface area contributed by atoms with E-state index in [1.165, 1.54) is 18.6 Å². The third-order valence-electron chi connectivity index (χ3n) is 1.09. The van der Waals surface area contributed by atoms with Crippen molar-refractivity contribution in [3.63, 3.8) is 0 Å². The van der Waals surface area contributed by atoms with Crippen LogP contribution in [0.4, 0.5) is 0 Å². The molecule has 0 saturated carbocycles. The highest BCUT2D eigenvalue weighted by atomic mass is 33.7. The highest BCUT2D eigenvalue weighted by Gasteiger charge is 1.91. The van der Waals surface area contributed by atoms with Crippen LogP contribution in [0, 0.1) is 0 Å². The Hall–Kier alpha value is 0.880. The Morgan fingerprint density at radius 1 is 1.09 bits per heavy atom. The van der Waals surface area contributed by atoms with Gasteiger partial charge in [-0.3, -0.25) is 0 Å². The summed E-state index contributed by atoms with van der Waals surface area (Å²) in [6.07, 6.45) is 8.99. The predicted octanol–water partition coefficient (Wildman–Crippen LogP) is 4.53. The first-order valence-electron chi connectivity index (χ1n) is 3.43. The molecule has 0 fully saturated rings. The first-order chi connectivity index (χ1) is 5.50. The number of hydrogen-bond donors (Lipinski definition) is 0. The Morgan fingerprint density at radius 3 is 3.09 bits per heavy atom. The molecule has 0 saturated heterocycles. The summed E-state index contributed by atoms with van der Waals surface area (Å²) in [5.41, 5.74) is 0. The van der Waals surface area contributed by atoms with Gasteiger partial charge in [0.25, 0.3) is 0 Å². The Kier molecular flexibility index (Phi) is 6.82. The summed E-state index contributed by atoms with van der Waals surface area (Å²) in [7, 11) is 7.45. The first kappa shape index (κ1) is 9.96. The van der Waals surface area contributed by atoms with Crippen LogP contribution in [-0.2, 0) is 0 Å². The molecule has 1 aliphatic heterocycles. The largest absolute Gasteiger partial charge is 0.0845 e. The molecule has 62 valence electrons. The van der Waals surface area contributed by atoms with Crippen LogP contribution in [0.1, 0.15) is 12.8 Å². The van der Waals surface area contributed by atoms with Gasteiger partial charge in [0.2, 0.25) is 0 Å². The molecule has 0 amide bonds. The van der Waals surface area contributed by atoms with Crippen molar-refractivity contribution in [2.45, 2.75) is 12.8 Å². The monoisotopic (exact) mass is 222 g/mol. The average molecular weight is 222 g/mol. The molecule has 0 radical (unpaired) electrons. The fraction of sp³-hybridized carbons (Fsp3) is 0.429. The zero-order valence-electron chi connectivity index (χ0n) is 6.06. The highest BCUT2D eigenvalue weighted by molar-refractivity contribution is 9.26. The van der Waals surface area contributed by atoms with Gasteiger partial charge in [-0.2, -0.15) is 0 Å². The zero-order valence-corrected chi connectivity index (χ0v) is 9.33. The molecule has 1 aliphatic rings. The van der Waals surface area contributed by atoms with Crippen LogP contribution < -0.4 is 0 Å². The number of rotatable bonds is 0. The molecule has 4 heteroatoms. The summed E-state index contributed by atoms with van der Waals surface area (Å²) in [5, 5.41) is 2.13. The molecule has 0 unspecified atom stereocenters. The minimum atomic E-state index is 1.22. The quantitative estimate of drug-likeness (QED) is 0.552. The second-order valence-electron chi connectivity index (χ2n) is 1.95. The topological polar surface area (TPSA) is 0 Å². The van der Waals surface area contributed by atoms with E-state index in [9.17, 15) is 0 Å². The Bertz CT molecular complexity index is 125. The van der Waals surface area contributed by atoms with Gasteiger partial charge in [0.05, 0.1) is 0 Å².